The molecule has 0 spiro atoms. The van der Waals surface area contributed by atoms with E-state index in [1.165, 1.54) is 0 Å². The van der Waals surface area contributed by atoms with E-state index in [-0.39, 0.29) is 18.2 Å². The molecule has 2 amide bonds. The largest absolute Gasteiger partial charge is 0.472 e. The molecule has 3 heterocycles. The molecular formula is C20H27N3O4. The van der Waals surface area contributed by atoms with Crippen LogP contribution in [0, 0.1) is 5.92 Å². The van der Waals surface area contributed by atoms with Crippen molar-refractivity contribution < 1.29 is 18.4 Å². The van der Waals surface area contributed by atoms with E-state index in [9.17, 15) is 9.59 Å². The number of rotatable bonds is 8. The molecule has 0 bridgehead atoms. The second-order valence-electron chi connectivity index (χ2n) is 7.36. The van der Waals surface area contributed by atoms with E-state index < -0.39 is 6.04 Å². The number of amides is 2. The Morgan fingerprint density at radius 1 is 1.37 bits per heavy atom. The smallest absolute Gasteiger partial charge is 0.237 e. The summed E-state index contributed by atoms with van der Waals surface area (Å²) in [6.45, 7) is 7.06. The second kappa shape index (κ2) is 8.90. The van der Waals surface area contributed by atoms with Crippen LogP contribution < -0.4 is 5.32 Å². The van der Waals surface area contributed by atoms with Crippen LogP contribution in [0.15, 0.2) is 45.8 Å². The highest BCUT2D eigenvalue weighted by Crippen LogP contribution is 2.17. The standard InChI is InChI=1S/C20H27N3O4/c1-15(2)11-23(13-17-4-3-8-27-17)19(24)10-18-20(25)21-6-7-22(18)12-16-5-9-26-14-16/h3-5,8-9,14-15,18H,6-7,10-13H2,1-2H3,(H,21,25)/t18-/m0/s1. The Balaban J connectivity index is 1.69. The number of carbonyl (C=O) groups is 2. The lowest BCUT2D eigenvalue weighted by molar-refractivity contribution is -0.140. The molecule has 0 radical (unpaired) electrons. The van der Waals surface area contributed by atoms with Gasteiger partial charge >= 0.3 is 0 Å². The number of carbonyl (C=O) groups excluding carboxylic acids is 2. The molecule has 1 N–H and O–H groups in total. The van der Waals surface area contributed by atoms with Crippen molar-refractivity contribution in [2.75, 3.05) is 19.6 Å². The van der Waals surface area contributed by atoms with Crippen LogP contribution in [0.2, 0.25) is 0 Å². The zero-order chi connectivity index (χ0) is 19.2. The molecule has 1 aliphatic rings. The third kappa shape index (κ3) is 5.23. The Morgan fingerprint density at radius 2 is 2.22 bits per heavy atom. The average molecular weight is 373 g/mol. The highest BCUT2D eigenvalue weighted by Gasteiger charge is 2.33. The summed E-state index contributed by atoms with van der Waals surface area (Å²) in [5.41, 5.74) is 0.997. The SMILES string of the molecule is CC(C)CN(Cc1ccco1)C(=O)C[C@H]1C(=O)NCCN1Cc1ccoc1. The molecule has 27 heavy (non-hydrogen) atoms. The summed E-state index contributed by atoms with van der Waals surface area (Å²) < 4.78 is 10.5. The van der Waals surface area contributed by atoms with Crippen molar-refractivity contribution >= 4 is 11.8 Å². The van der Waals surface area contributed by atoms with Gasteiger partial charge in [-0.2, -0.15) is 0 Å². The van der Waals surface area contributed by atoms with Crippen molar-refractivity contribution in [2.45, 2.75) is 39.4 Å². The first-order valence-electron chi connectivity index (χ1n) is 9.36. The highest BCUT2D eigenvalue weighted by atomic mass is 16.3. The van der Waals surface area contributed by atoms with Crippen molar-refractivity contribution in [3.63, 3.8) is 0 Å². The molecule has 1 fully saturated rings. The van der Waals surface area contributed by atoms with Crippen molar-refractivity contribution in [1.29, 1.82) is 0 Å². The third-order valence-corrected chi connectivity index (χ3v) is 4.64. The third-order valence-electron chi connectivity index (χ3n) is 4.64. The molecule has 146 valence electrons. The molecule has 2 aromatic rings. The number of hydrogen-bond donors (Lipinski definition) is 1. The van der Waals surface area contributed by atoms with E-state index in [1.807, 2.05) is 23.1 Å². The van der Waals surface area contributed by atoms with Crippen molar-refractivity contribution in [3.05, 3.63) is 48.3 Å². The Hall–Kier alpha value is -2.54. The summed E-state index contributed by atoms with van der Waals surface area (Å²) in [4.78, 5) is 29.3. The maximum atomic E-state index is 13.0. The van der Waals surface area contributed by atoms with Gasteiger partial charge in [0.2, 0.25) is 11.8 Å². The molecule has 0 unspecified atom stereocenters. The second-order valence-corrected chi connectivity index (χ2v) is 7.36. The fraction of sp³-hybridized carbons (Fsp3) is 0.500. The maximum absolute atomic E-state index is 13.0. The number of nitrogens with one attached hydrogen (secondary N) is 1. The van der Waals surface area contributed by atoms with E-state index >= 15 is 0 Å². The van der Waals surface area contributed by atoms with Gasteiger partial charge in [0.1, 0.15) is 5.76 Å². The molecule has 7 nitrogen and oxygen atoms in total. The normalized spacial score (nSPS) is 17.9. The molecule has 2 aromatic heterocycles. The van der Waals surface area contributed by atoms with Gasteiger partial charge < -0.3 is 19.1 Å². The van der Waals surface area contributed by atoms with Gasteiger partial charge in [-0.05, 0) is 24.1 Å². The zero-order valence-electron chi connectivity index (χ0n) is 15.9. The van der Waals surface area contributed by atoms with Gasteiger partial charge in [-0.1, -0.05) is 13.8 Å². The molecule has 1 saturated heterocycles. The molecule has 3 rings (SSSR count). The van der Waals surface area contributed by atoms with Crippen LogP contribution in [0.3, 0.4) is 0 Å². The van der Waals surface area contributed by atoms with Gasteiger partial charge in [0.05, 0.1) is 37.8 Å². The summed E-state index contributed by atoms with van der Waals surface area (Å²) in [6, 6.07) is 5.08. The number of piperazine rings is 1. The van der Waals surface area contributed by atoms with E-state index in [2.05, 4.69) is 19.2 Å². The Kier molecular flexibility index (Phi) is 6.34. The quantitative estimate of drug-likeness (QED) is 0.768. The molecule has 1 atom stereocenters. The first-order chi connectivity index (χ1) is 13.0. The predicted molar refractivity (Wildman–Crippen MR) is 99.5 cm³/mol. The fourth-order valence-electron chi connectivity index (χ4n) is 3.37. The summed E-state index contributed by atoms with van der Waals surface area (Å²) >= 11 is 0. The first kappa shape index (κ1) is 19.2. The number of nitrogens with zero attached hydrogens (tertiary/aromatic N) is 2. The lowest BCUT2D eigenvalue weighted by atomic mass is 10.1. The lowest BCUT2D eigenvalue weighted by Crippen LogP contribution is -2.56. The highest BCUT2D eigenvalue weighted by molar-refractivity contribution is 5.88. The van der Waals surface area contributed by atoms with Crippen molar-refractivity contribution in [1.82, 2.24) is 15.1 Å². The minimum absolute atomic E-state index is 0.0423. The van der Waals surface area contributed by atoms with Crippen molar-refractivity contribution in [3.8, 4) is 0 Å². The van der Waals surface area contributed by atoms with Gasteiger partial charge in [-0.25, -0.2) is 0 Å². The van der Waals surface area contributed by atoms with Crippen LogP contribution in [0.4, 0.5) is 0 Å². The van der Waals surface area contributed by atoms with Crippen LogP contribution in [0.25, 0.3) is 0 Å². The monoisotopic (exact) mass is 373 g/mol. The molecule has 0 saturated carbocycles. The topological polar surface area (TPSA) is 78.9 Å². The molecular weight excluding hydrogens is 346 g/mol. The minimum Gasteiger partial charge on any atom is -0.472 e. The van der Waals surface area contributed by atoms with Crippen LogP contribution in [-0.2, 0) is 22.7 Å². The van der Waals surface area contributed by atoms with Gasteiger partial charge in [0, 0.05) is 31.7 Å². The summed E-state index contributed by atoms with van der Waals surface area (Å²) in [5.74, 6) is 0.929. The minimum atomic E-state index is -0.479. The summed E-state index contributed by atoms with van der Waals surface area (Å²) in [5, 5.41) is 2.88. The predicted octanol–water partition coefficient (Wildman–Crippen LogP) is 2.25. The van der Waals surface area contributed by atoms with Crippen LogP contribution >= 0.6 is 0 Å². The van der Waals surface area contributed by atoms with E-state index in [0.717, 1.165) is 11.3 Å². The van der Waals surface area contributed by atoms with Gasteiger partial charge in [0.25, 0.3) is 0 Å². The molecule has 1 aliphatic heterocycles. The molecule has 7 heteroatoms. The summed E-state index contributed by atoms with van der Waals surface area (Å²) in [7, 11) is 0. The van der Waals surface area contributed by atoms with E-state index in [4.69, 9.17) is 8.83 Å². The van der Waals surface area contributed by atoms with E-state index in [0.29, 0.717) is 38.6 Å². The average Bonchev–Trinajstić information content (AvgIpc) is 3.31. The van der Waals surface area contributed by atoms with Crippen LogP contribution in [-0.4, -0.2) is 47.3 Å². The zero-order valence-corrected chi connectivity index (χ0v) is 15.9. The lowest BCUT2D eigenvalue weighted by Gasteiger charge is -2.35. The molecule has 0 aliphatic carbocycles. The Bertz CT molecular complexity index is 725. The summed E-state index contributed by atoms with van der Waals surface area (Å²) in [6.07, 6.45) is 5.05. The van der Waals surface area contributed by atoms with Gasteiger partial charge in [-0.15, -0.1) is 0 Å². The van der Waals surface area contributed by atoms with E-state index in [1.54, 1.807) is 23.7 Å². The van der Waals surface area contributed by atoms with Gasteiger partial charge in [-0.3, -0.25) is 14.5 Å². The Morgan fingerprint density at radius 3 is 2.89 bits per heavy atom. The first-order valence-corrected chi connectivity index (χ1v) is 9.36. The van der Waals surface area contributed by atoms with Crippen LogP contribution in [0.5, 0.6) is 0 Å². The van der Waals surface area contributed by atoms with Crippen LogP contribution in [0.1, 0.15) is 31.6 Å². The fourth-order valence-corrected chi connectivity index (χ4v) is 3.37. The van der Waals surface area contributed by atoms with Gasteiger partial charge in [0.15, 0.2) is 0 Å². The number of furan rings is 2. The maximum Gasteiger partial charge on any atom is 0.237 e. The number of hydrogen-bond acceptors (Lipinski definition) is 5. The Labute approximate surface area is 159 Å². The molecule has 0 aromatic carbocycles. The van der Waals surface area contributed by atoms with Crippen molar-refractivity contribution in [2.24, 2.45) is 5.92 Å².